The molecule has 0 unspecified atom stereocenters. The molecule has 3 N–H and O–H groups in total. The van der Waals surface area contributed by atoms with Gasteiger partial charge in [0.1, 0.15) is 0 Å². The number of nitrogens with two attached hydrogens (primary N) is 1. The van der Waals surface area contributed by atoms with Gasteiger partial charge >= 0.3 is 5.97 Å². The van der Waals surface area contributed by atoms with E-state index < -0.39 is 5.97 Å². The predicted molar refractivity (Wildman–Crippen MR) is 104 cm³/mol. The third kappa shape index (κ3) is 4.97. The summed E-state index contributed by atoms with van der Waals surface area (Å²) in [7, 11) is 0. The average molecular weight is 389 g/mol. The molecule has 0 aliphatic carbocycles. The van der Waals surface area contributed by atoms with Crippen LogP contribution >= 0.6 is 0 Å². The van der Waals surface area contributed by atoms with E-state index in [1.54, 1.807) is 36.1 Å². The number of hydrogen-bond acceptors (Lipinski definition) is 4. The molecule has 0 aromatic heterocycles. The normalized spacial score (nSPS) is 20.6. The zero-order chi connectivity index (χ0) is 19.9. The van der Waals surface area contributed by atoms with E-state index in [0.29, 0.717) is 17.9 Å². The van der Waals surface area contributed by atoms with Gasteiger partial charge in [0.05, 0.1) is 50.5 Å². The van der Waals surface area contributed by atoms with Crippen LogP contribution in [0.5, 0.6) is 0 Å². The molecule has 1 aromatic carbocycles. The lowest BCUT2D eigenvalue weighted by Crippen LogP contribution is -3.13. The molecule has 3 rings (SSSR count). The van der Waals surface area contributed by atoms with E-state index in [2.05, 4.69) is 0 Å². The molecule has 2 aliphatic rings. The highest BCUT2D eigenvalue weighted by molar-refractivity contribution is 6.21. The highest BCUT2D eigenvalue weighted by atomic mass is 16.5. The van der Waals surface area contributed by atoms with Crippen LogP contribution in [0.25, 0.3) is 0 Å². The van der Waals surface area contributed by atoms with Gasteiger partial charge in [-0.1, -0.05) is 0 Å². The summed E-state index contributed by atoms with van der Waals surface area (Å²) < 4.78 is 4.96. The Labute approximate surface area is 166 Å². The number of likely N-dealkylation sites (tertiary alicyclic amines) is 1. The molecular weight excluding hydrogens is 358 g/mol. The predicted octanol–water partition coefficient (Wildman–Crippen LogP) is -0.482. The van der Waals surface area contributed by atoms with Crippen LogP contribution in [0.4, 0.5) is 5.69 Å². The van der Waals surface area contributed by atoms with Crippen molar-refractivity contribution < 1.29 is 29.3 Å². The first-order valence-electron chi connectivity index (χ1n) is 10.4. The van der Waals surface area contributed by atoms with Crippen molar-refractivity contribution in [1.82, 2.24) is 0 Å². The Morgan fingerprint density at radius 3 is 2.57 bits per heavy atom. The molecule has 0 spiro atoms. The van der Waals surface area contributed by atoms with Gasteiger partial charge in [0.15, 0.2) is 6.04 Å². The number of rotatable bonds is 8. The number of nitrogens with one attached hydrogen (secondary N) is 1. The van der Waals surface area contributed by atoms with Crippen LogP contribution in [0.3, 0.4) is 0 Å². The minimum absolute atomic E-state index is 0.167. The Kier molecular flexibility index (Phi) is 7.17. The van der Waals surface area contributed by atoms with E-state index in [4.69, 9.17) is 4.74 Å². The Bertz CT molecular complexity index is 698. The number of carbonyl (C=O) groups is 3. The largest absolute Gasteiger partial charge is 0.462 e. The number of piperidine rings is 1. The van der Waals surface area contributed by atoms with Crippen molar-refractivity contribution in [2.24, 2.45) is 0 Å². The lowest BCUT2D eigenvalue weighted by molar-refractivity contribution is -0.906. The van der Waals surface area contributed by atoms with Crippen molar-refractivity contribution in [3.63, 3.8) is 0 Å². The fourth-order valence-corrected chi connectivity index (χ4v) is 4.04. The molecule has 2 heterocycles. The van der Waals surface area contributed by atoms with Crippen LogP contribution in [0.15, 0.2) is 24.3 Å². The summed E-state index contributed by atoms with van der Waals surface area (Å²) in [6, 6.07) is 6.10. The highest BCUT2D eigenvalue weighted by Crippen LogP contribution is 2.22. The van der Waals surface area contributed by atoms with Gasteiger partial charge in [-0.15, -0.1) is 0 Å². The van der Waals surface area contributed by atoms with Gasteiger partial charge in [-0.3, -0.25) is 9.59 Å². The zero-order valence-electron chi connectivity index (χ0n) is 16.6. The second kappa shape index (κ2) is 9.80. The third-order valence-electron chi connectivity index (χ3n) is 5.56. The minimum atomic E-state index is -0.407. The first-order valence-corrected chi connectivity index (χ1v) is 10.4. The maximum Gasteiger partial charge on any atom is 0.338 e. The smallest absolute Gasteiger partial charge is 0.338 e. The Morgan fingerprint density at radius 2 is 1.89 bits per heavy atom. The van der Waals surface area contributed by atoms with E-state index in [0.717, 1.165) is 19.5 Å². The van der Waals surface area contributed by atoms with Crippen molar-refractivity contribution in [3.05, 3.63) is 29.8 Å². The molecule has 28 heavy (non-hydrogen) atoms. The van der Waals surface area contributed by atoms with Crippen LogP contribution in [0, 0.1) is 0 Å². The number of esters is 1. The van der Waals surface area contributed by atoms with Crippen LogP contribution in [-0.2, 0) is 14.3 Å². The maximum absolute atomic E-state index is 12.7. The van der Waals surface area contributed by atoms with Gasteiger partial charge in [-0.25, -0.2) is 9.69 Å². The Morgan fingerprint density at radius 1 is 1.18 bits per heavy atom. The van der Waals surface area contributed by atoms with Gasteiger partial charge in [0, 0.05) is 6.42 Å². The summed E-state index contributed by atoms with van der Waals surface area (Å²) in [5.41, 5.74) is 0.921. The maximum atomic E-state index is 12.7. The zero-order valence-corrected chi connectivity index (χ0v) is 16.6. The van der Waals surface area contributed by atoms with Gasteiger partial charge in [-0.05, 0) is 50.5 Å². The lowest BCUT2D eigenvalue weighted by atomic mass is 10.1. The fraction of sp³-hybridized carbons (Fsp3) is 0.571. The standard InChI is InChI=1S/C21H29N3O4/c1-2-28-21(27)16-7-9-17(10-8-16)24-19(25)15-18(20(24)26)22-11-6-14-23-12-4-3-5-13-23/h7-10,18,22H,2-6,11-15H2,1H3/p+2/t18-/m1/s1. The van der Waals surface area contributed by atoms with Gasteiger partial charge in [0.2, 0.25) is 5.91 Å². The number of nitrogens with zero attached hydrogens (tertiary/aromatic N) is 1. The molecule has 1 atom stereocenters. The van der Waals surface area contributed by atoms with E-state index in [1.807, 2.05) is 5.32 Å². The summed E-state index contributed by atoms with van der Waals surface area (Å²) in [6.07, 6.45) is 5.28. The molecule has 1 aromatic rings. The van der Waals surface area contributed by atoms with Crippen molar-refractivity contribution >= 4 is 23.5 Å². The number of quaternary nitrogens is 2. The van der Waals surface area contributed by atoms with Crippen molar-refractivity contribution in [3.8, 4) is 0 Å². The Hall–Kier alpha value is -2.25. The van der Waals surface area contributed by atoms with E-state index in [1.165, 1.54) is 37.3 Å². The first-order chi connectivity index (χ1) is 13.6. The molecule has 0 bridgehead atoms. The van der Waals surface area contributed by atoms with E-state index >= 15 is 0 Å². The van der Waals surface area contributed by atoms with Crippen molar-refractivity contribution in [1.29, 1.82) is 0 Å². The molecule has 0 saturated carbocycles. The Balaban J connectivity index is 1.50. The average Bonchev–Trinajstić information content (AvgIpc) is 2.99. The van der Waals surface area contributed by atoms with E-state index in [-0.39, 0.29) is 24.3 Å². The highest BCUT2D eigenvalue weighted by Gasteiger charge is 2.42. The fourth-order valence-electron chi connectivity index (χ4n) is 4.04. The molecule has 2 aliphatic heterocycles. The molecule has 7 heteroatoms. The SMILES string of the molecule is CCOC(=O)c1ccc(N2C(=O)C[C@@H]([NH2+]CCC[NH+]3CCCCC3)C2=O)cc1. The number of carbonyl (C=O) groups excluding carboxylic acids is 3. The quantitative estimate of drug-likeness (QED) is 0.357. The molecular formula is C21H31N3O4+2. The molecule has 0 radical (unpaired) electrons. The minimum Gasteiger partial charge on any atom is -0.462 e. The summed E-state index contributed by atoms with van der Waals surface area (Å²) in [4.78, 5) is 39.7. The van der Waals surface area contributed by atoms with Crippen LogP contribution in [-0.4, -0.2) is 56.6 Å². The van der Waals surface area contributed by atoms with Crippen LogP contribution in [0.1, 0.15) is 49.4 Å². The summed E-state index contributed by atoms with van der Waals surface area (Å²) >= 11 is 0. The van der Waals surface area contributed by atoms with Crippen LogP contribution < -0.4 is 15.1 Å². The van der Waals surface area contributed by atoms with Gasteiger partial charge in [0.25, 0.3) is 5.91 Å². The summed E-state index contributed by atoms with van der Waals surface area (Å²) in [5.74, 6) is -0.758. The molecule has 2 amide bonds. The first kappa shape index (κ1) is 20.5. The second-order valence-corrected chi connectivity index (χ2v) is 7.58. The number of hydrogen-bond donors (Lipinski definition) is 2. The van der Waals surface area contributed by atoms with Crippen molar-refractivity contribution in [2.45, 2.75) is 45.1 Å². The van der Waals surface area contributed by atoms with Gasteiger partial charge < -0.3 is 15.0 Å². The van der Waals surface area contributed by atoms with E-state index in [9.17, 15) is 14.4 Å². The number of ether oxygens (including phenoxy) is 1. The van der Waals surface area contributed by atoms with Crippen molar-refractivity contribution in [2.75, 3.05) is 37.7 Å². The monoisotopic (exact) mass is 389 g/mol. The second-order valence-electron chi connectivity index (χ2n) is 7.58. The number of imide groups is 1. The number of anilines is 1. The summed E-state index contributed by atoms with van der Waals surface area (Å²) in [6.45, 7) is 6.58. The number of amides is 2. The molecule has 152 valence electrons. The van der Waals surface area contributed by atoms with Crippen LogP contribution in [0.2, 0.25) is 0 Å². The van der Waals surface area contributed by atoms with Gasteiger partial charge in [-0.2, -0.15) is 0 Å². The topological polar surface area (TPSA) is 84.7 Å². The molecule has 7 nitrogen and oxygen atoms in total. The molecule has 2 fully saturated rings. The number of benzene rings is 1. The summed E-state index contributed by atoms with van der Waals surface area (Å²) in [5, 5.41) is 2.01. The molecule has 2 saturated heterocycles. The third-order valence-corrected chi connectivity index (χ3v) is 5.56. The lowest BCUT2D eigenvalue weighted by Gasteiger charge is -2.23.